The molecule has 0 unspecified atom stereocenters. The van der Waals surface area contributed by atoms with Crippen LogP contribution in [0.1, 0.15) is 47.4 Å². The molecule has 2 N–H and O–H groups in total. The molecule has 4 nitrogen and oxygen atoms in total. The monoisotopic (exact) mass is 296 g/mol. The highest BCUT2D eigenvalue weighted by Gasteiger charge is 2.14. The highest BCUT2D eigenvalue weighted by molar-refractivity contribution is 7.98. The van der Waals surface area contributed by atoms with E-state index in [1.165, 1.54) is 25.0 Å². The summed E-state index contributed by atoms with van der Waals surface area (Å²) in [7, 11) is 0. The molecule has 0 radical (unpaired) electrons. The third-order valence-electron chi connectivity index (χ3n) is 3.13. The standard InChI is InChI=1S/C15H24N2O2S/c1-11-10-13(14(15(18)19)12(2)17-11)16-8-6-4-5-7-9-20-3/h10H,4-9H2,1-3H3,(H,16,17)(H,18,19). The molecular weight excluding hydrogens is 272 g/mol. The van der Waals surface area contributed by atoms with Gasteiger partial charge in [-0.15, -0.1) is 0 Å². The first-order valence-corrected chi connectivity index (χ1v) is 8.40. The van der Waals surface area contributed by atoms with Gasteiger partial charge in [-0.3, -0.25) is 4.98 Å². The molecule has 0 aliphatic rings. The van der Waals surface area contributed by atoms with Crippen molar-refractivity contribution in [3.8, 4) is 0 Å². The number of pyridine rings is 1. The van der Waals surface area contributed by atoms with Crippen LogP contribution in [0.2, 0.25) is 0 Å². The van der Waals surface area contributed by atoms with Gasteiger partial charge < -0.3 is 10.4 Å². The van der Waals surface area contributed by atoms with Crippen molar-refractivity contribution in [2.24, 2.45) is 0 Å². The third-order valence-corrected chi connectivity index (χ3v) is 3.83. The first kappa shape index (κ1) is 16.8. The van der Waals surface area contributed by atoms with Gasteiger partial charge in [0.15, 0.2) is 0 Å². The summed E-state index contributed by atoms with van der Waals surface area (Å²) in [6.45, 7) is 4.43. The zero-order chi connectivity index (χ0) is 15.0. The lowest BCUT2D eigenvalue weighted by Gasteiger charge is -2.12. The van der Waals surface area contributed by atoms with E-state index in [1.54, 1.807) is 6.92 Å². The predicted octanol–water partition coefficient (Wildman–Crippen LogP) is 3.73. The van der Waals surface area contributed by atoms with E-state index in [0.717, 1.165) is 18.7 Å². The largest absolute Gasteiger partial charge is 0.478 e. The molecule has 0 aliphatic carbocycles. The zero-order valence-electron chi connectivity index (χ0n) is 12.5. The molecule has 0 atom stereocenters. The molecule has 1 aromatic rings. The van der Waals surface area contributed by atoms with Crippen molar-refractivity contribution in [3.05, 3.63) is 23.0 Å². The number of carboxylic acids is 1. The molecule has 0 saturated carbocycles. The Hall–Kier alpha value is -1.23. The Morgan fingerprint density at radius 3 is 2.65 bits per heavy atom. The average molecular weight is 296 g/mol. The van der Waals surface area contributed by atoms with Crippen LogP contribution >= 0.6 is 11.8 Å². The average Bonchev–Trinajstić information content (AvgIpc) is 2.36. The maximum absolute atomic E-state index is 11.3. The van der Waals surface area contributed by atoms with E-state index >= 15 is 0 Å². The fourth-order valence-electron chi connectivity index (χ4n) is 2.19. The molecular formula is C15H24N2O2S. The van der Waals surface area contributed by atoms with Gasteiger partial charge in [-0.1, -0.05) is 12.8 Å². The maximum Gasteiger partial charge on any atom is 0.339 e. The fraction of sp³-hybridized carbons (Fsp3) is 0.600. The number of carboxylic acid groups (broad SMARTS) is 1. The van der Waals surface area contributed by atoms with Gasteiger partial charge in [-0.05, 0) is 44.8 Å². The molecule has 1 heterocycles. The number of rotatable bonds is 9. The van der Waals surface area contributed by atoms with Crippen LogP contribution < -0.4 is 5.32 Å². The van der Waals surface area contributed by atoms with Gasteiger partial charge in [0.25, 0.3) is 0 Å². The van der Waals surface area contributed by atoms with Gasteiger partial charge >= 0.3 is 5.97 Å². The van der Waals surface area contributed by atoms with Crippen molar-refractivity contribution in [2.45, 2.75) is 39.5 Å². The van der Waals surface area contributed by atoms with E-state index in [0.29, 0.717) is 11.4 Å². The quantitative estimate of drug-likeness (QED) is 0.680. The van der Waals surface area contributed by atoms with E-state index in [4.69, 9.17) is 0 Å². The molecule has 1 rings (SSSR count). The van der Waals surface area contributed by atoms with E-state index in [1.807, 2.05) is 24.8 Å². The summed E-state index contributed by atoms with van der Waals surface area (Å²) < 4.78 is 0. The molecule has 0 fully saturated rings. The van der Waals surface area contributed by atoms with Crippen LogP contribution in [0.4, 0.5) is 5.69 Å². The van der Waals surface area contributed by atoms with Crippen molar-refractivity contribution in [3.63, 3.8) is 0 Å². The number of aromatic nitrogens is 1. The van der Waals surface area contributed by atoms with Crippen molar-refractivity contribution in [1.82, 2.24) is 4.98 Å². The number of carbonyl (C=O) groups is 1. The van der Waals surface area contributed by atoms with Crippen LogP contribution in [0.3, 0.4) is 0 Å². The topological polar surface area (TPSA) is 62.2 Å². The minimum atomic E-state index is -0.919. The lowest BCUT2D eigenvalue weighted by Crippen LogP contribution is -2.11. The third kappa shape index (κ3) is 5.41. The highest BCUT2D eigenvalue weighted by atomic mass is 32.2. The predicted molar refractivity (Wildman–Crippen MR) is 86.0 cm³/mol. The zero-order valence-corrected chi connectivity index (χ0v) is 13.3. The van der Waals surface area contributed by atoms with Crippen LogP contribution in [0, 0.1) is 13.8 Å². The van der Waals surface area contributed by atoms with Crippen LogP contribution in [0.15, 0.2) is 6.07 Å². The molecule has 20 heavy (non-hydrogen) atoms. The number of nitrogens with one attached hydrogen (secondary N) is 1. The molecule has 0 aromatic carbocycles. The lowest BCUT2D eigenvalue weighted by atomic mass is 10.1. The van der Waals surface area contributed by atoms with Crippen LogP contribution in [0.25, 0.3) is 0 Å². The molecule has 5 heteroatoms. The van der Waals surface area contributed by atoms with Crippen LogP contribution in [-0.2, 0) is 0 Å². The summed E-state index contributed by atoms with van der Waals surface area (Å²) in [5.41, 5.74) is 2.39. The molecule has 1 aromatic heterocycles. The minimum absolute atomic E-state index is 0.290. The first-order valence-electron chi connectivity index (χ1n) is 7.00. The number of nitrogens with zero attached hydrogens (tertiary/aromatic N) is 1. The Morgan fingerprint density at radius 1 is 1.30 bits per heavy atom. The Kier molecular flexibility index (Phi) is 7.44. The van der Waals surface area contributed by atoms with Gasteiger partial charge in [0, 0.05) is 12.2 Å². The van der Waals surface area contributed by atoms with Gasteiger partial charge in [0.1, 0.15) is 5.56 Å². The second-order valence-electron chi connectivity index (χ2n) is 4.91. The van der Waals surface area contributed by atoms with Crippen molar-refractivity contribution in [1.29, 1.82) is 0 Å². The molecule has 0 spiro atoms. The van der Waals surface area contributed by atoms with Gasteiger partial charge in [0.05, 0.1) is 11.4 Å². The number of thioether (sulfide) groups is 1. The van der Waals surface area contributed by atoms with Crippen LogP contribution in [0.5, 0.6) is 0 Å². The summed E-state index contributed by atoms with van der Waals surface area (Å²) in [4.78, 5) is 15.5. The Labute approximate surface area is 125 Å². The number of unbranched alkanes of at least 4 members (excludes halogenated alkanes) is 3. The Balaban J connectivity index is 2.49. The normalized spacial score (nSPS) is 10.6. The molecule has 0 amide bonds. The van der Waals surface area contributed by atoms with E-state index < -0.39 is 5.97 Å². The van der Waals surface area contributed by atoms with Crippen molar-refractivity contribution >= 4 is 23.4 Å². The second kappa shape index (κ2) is 8.84. The summed E-state index contributed by atoms with van der Waals surface area (Å²) in [6.07, 6.45) is 6.87. The lowest BCUT2D eigenvalue weighted by molar-refractivity contribution is 0.0696. The molecule has 0 aliphatic heterocycles. The summed E-state index contributed by atoms with van der Waals surface area (Å²) >= 11 is 1.88. The van der Waals surface area contributed by atoms with Gasteiger partial charge in [0.2, 0.25) is 0 Å². The summed E-state index contributed by atoms with van der Waals surface area (Å²) in [6, 6.07) is 1.81. The first-order chi connectivity index (χ1) is 9.56. The van der Waals surface area contributed by atoms with Crippen molar-refractivity contribution < 1.29 is 9.90 Å². The molecule has 0 saturated heterocycles. The Bertz CT molecular complexity index is 450. The second-order valence-corrected chi connectivity index (χ2v) is 5.90. The number of anilines is 1. The number of aryl methyl sites for hydroxylation is 2. The van der Waals surface area contributed by atoms with Gasteiger partial charge in [-0.2, -0.15) is 11.8 Å². The Morgan fingerprint density at radius 2 is 2.00 bits per heavy atom. The summed E-state index contributed by atoms with van der Waals surface area (Å²) in [5, 5.41) is 12.5. The van der Waals surface area contributed by atoms with Crippen LogP contribution in [-0.4, -0.2) is 34.6 Å². The number of hydrogen-bond acceptors (Lipinski definition) is 4. The van der Waals surface area contributed by atoms with E-state index in [2.05, 4.69) is 16.6 Å². The number of hydrogen-bond donors (Lipinski definition) is 2. The SMILES string of the molecule is CSCCCCCCNc1cc(C)nc(C)c1C(=O)O. The smallest absolute Gasteiger partial charge is 0.339 e. The number of aromatic carboxylic acids is 1. The van der Waals surface area contributed by atoms with Gasteiger partial charge in [-0.25, -0.2) is 4.79 Å². The van der Waals surface area contributed by atoms with Crippen molar-refractivity contribution in [2.75, 3.05) is 23.9 Å². The highest BCUT2D eigenvalue weighted by Crippen LogP contribution is 2.20. The van der Waals surface area contributed by atoms with E-state index in [-0.39, 0.29) is 5.56 Å². The van der Waals surface area contributed by atoms with E-state index in [9.17, 15) is 9.90 Å². The molecule has 112 valence electrons. The minimum Gasteiger partial charge on any atom is -0.478 e. The molecule has 0 bridgehead atoms. The summed E-state index contributed by atoms with van der Waals surface area (Å²) in [5.74, 6) is 0.303. The maximum atomic E-state index is 11.3. The fourth-order valence-corrected chi connectivity index (χ4v) is 2.68.